The minimum Gasteiger partial charge on any atom is -0.508 e. The Labute approximate surface area is 230 Å². The van der Waals surface area contributed by atoms with Crippen molar-refractivity contribution in [2.45, 2.75) is 109 Å². The van der Waals surface area contributed by atoms with Crippen LogP contribution in [0, 0.1) is 0 Å². The van der Waals surface area contributed by atoms with Crippen LogP contribution in [0.3, 0.4) is 0 Å². The van der Waals surface area contributed by atoms with E-state index >= 15 is 0 Å². The van der Waals surface area contributed by atoms with Gasteiger partial charge in [-0.3, -0.25) is 4.79 Å². The number of aromatic hydroxyl groups is 1. The van der Waals surface area contributed by atoms with Crippen LogP contribution >= 0.6 is 0 Å². The van der Waals surface area contributed by atoms with Gasteiger partial charge in [0, 0.05) is 24.2 Å². The number of amides is 1. The number of benzene rings is 2. The fraction of sp³-hybridized carbons (Fsp3) is 0.581. The quantitative estimate of drug-likeness (QED) is 0.257. The Hall–Kier alpha value is -2.19. The average molecular weight is 541 g/mol. The standard InChI is InChI=1S/C31H48N2O4Si/c1-22(16-23-10-9-11-24(17-23)18-30(36)33-27-12-7-8-13-27)32-20-29(37-38(5,6)31(2,3)4)25-14-15-28(35)26(19-25)21-34/h9-11,14-15,17,19,22,27,29,32,34-35H,7-8,12-13,16,18,20-21H2,1-6H3,(H,33,36)/t22-,29+/m1/s1. The number of nitrogens with one attached hydrogen (secondary N) is 2. The number of hydrogen-bond acceptors (Lipinski definition) is 5. The first-order valence-corrected chi connectivity index (χ1v) is 17.0. The highest BCUT2D eigenvalue weighted by Crippen LogP contribution is 2.40. The molecular weight excluding hydrogens is 492 g/mol. The molecule has 2 aromatic rings. The molecule has 0 spiro atoms. The molecule has 0 unspecified atom stereocenters. The molecule has 1 fully saturated rings. The molecule has 3 rings (SSSR count). The first-order valence-electron chi connectivity index (χ1n) is 14.1. The highest BCUT2D eigenvalue weighted by atomic mass is 28.4. The number of hydrogen-bond donors (Lipinski definition) is 4. The number of aliphatic hydroxyl groups is 1. The van der Waals surface area contributed by atoms with Gasteiger partial charge in [-0.15, -0.1) is 0 Å². The highest BCUT2D eigenvalue weighted by molar-refractivity contribution is 6.74. The fourth-order valence-corrected chi connectivity index (χ4v) is 6.11. The van der Waals surface area contributed by atoms with Gasteiger partial charge in [-0.1, -0.05) is 63.9 Å². The molecule has 7 heteroatoms. The maximum absolute atomic E-state index is 12.5. The van der Waals surface area contributed by atoms with Crippen LogP contribution in [0.25, 0.3) is 0 Å². The smallest absolute Gasteiger partial charge is 0.224 e. The molecule has 0 radical (unpaired) electrons. The van der Waals surface area contributed by atoms with E-state index in [2.05, 4.69) is 63.6 Å². The Morgan fingerprint density at radius 2 is 1.79 bits per heavy atom. The largest absolute Gasteiger partial charge is 0.508 e. The SMILES string of the molecule is C[C@H](Cc1cccc(CC(=O)NC2CCCC2)c1)NC[C@H](O[Si](C)(C)C(C)(C)C)c1ccc(O)c(CO)c1. The third kappa shape index (κ3) is 8.66. The molecule has 4 N–H and O–H groups in total. The second-order valence-electron chi connectivity index (χ2n) is 12.5. The van der Waals surface area contributed by atoms with Gasteiger partial charge in [0.25, 0.3) is 0 Å². The van der Waals surface area contributed by atoms with E-state index in [9.17, 15) is 15.0 Å². The van der Waals surface area contributed by atoms with E-state index in [0.29, 0.717) is 24.6 Å². The van der Waals surface area contributed by atoms with Gasteiger partial charge in [-0.25, -0.2) is 0 Å². The van der Waals surface area contributed by atoms with Crippen molar-refractivity contribution in [3.8, 4) is 5.75 Å². The maximum atomic E-state index is 12.5. The van der Waals surface area contributed by atoms with E-state index in [1.165, 1.54) is 18.4 Å². The maximum Gasteiger partial charge on any atom is 0.224 e. The van der Waals surface area contributed by atoms with Gasteiger partial charge >= 0.3 is 0 Å². The zero-order valence-corrected chi connectivity index (χ0v) is 25.1. The number of carbonyl (C=O) groups is 1. The fourth-order valence-electron chi connectivity index (χ4n) is 4.83. The average Bonchev–Trinajstić information content (AvgIpc) is 3.34. The second-order valence-corrected chi connectivity index (χ2v) is 17.2. The van der Waals surface area contributed by atoms with Crippen LogP contribution in [0.4, 0.5) is 0 Å². The summed E-state index contributed by atoms with van der Waals surface area (Å²) < 4.78 is 6.81. The molecule has 38 heavy (non-hydrogen) atoms. The third-order valence-electron chi connectivity index (χ3n) is 8.16. The van der Waals surface area contributed by atoms with Crippen molar-refractivity contribution < 1.29 is 19.4 Å². The van der Waals surface area contributed by atoms with Crippen LogP contribution in [0.15, 0.2) is 42.5 Å². The molecule has 0 bridgehead atoms. The normalized spacial score (nSPS) is 16.4. The molecule has 0 aliphatic heterocycles. The van der Waals surface area contributed by atoms with Gasteiger partial charge in [0.15, 0.2) is 8.32 Å². The first kappa shape index (κ1) is 30.3. The lowest BCUT2D eigenvalue weighted by Gasteiger charge is -2.40. The van der Waals surface area contributed by atoms with Gasteiger partial charge in [-0.2, -0.15) is 0 Å². The predicted octanol–water partition coefficient (Wildman–Crippen LogP) is 5.77. The van der Waals surface area contributed by atoms with Gasteiger partial charge < -0.3 is 25.3 Å². The molecule has 2 aromatic carbocycles. The van der Waals surface area contributed by atoms with Crippen molar-refractivity contribution in [1.82, 2.24) is 10.6 Å². The van der Waals surface area contributed by atoms with Crippen LogP contribution in [0.2, 0.25) is 18.1 Å². The first-order chi connectivity index (χ1) is 17.9. The zero-order valence-electron chi connectivity index (χ0n) is 24.1. The Morgan fingerprint density at radius 1 is 1.11 bits per heavy atom. The number of carbonyl (C=O) groups excluding carboxylic acids is 1. The van der Waals surface area contributed by atoms with E-state index in [1.807, 2.05) is 24.3 Å². The van der Waals surface area contributed by atoms with E-state index in [4.69, 9.17) is 4.43 Å². The molecular formula is C31H48N2O4Si. The monoisotopic (exact) mass is 540 g/mol. The Morgan fingerprint density at radius 3 is 2.45 bits per heavy atom. The van der Waals surface area contributed by atoms with Crippen molar-refractivity contribution in [3.63, 3.8) is 0 Å². The van der Waals surface area contributed by atoms with E-state index in [-0.39, 0.29) is 35.4 Å². The molecule has 1 aliphatic carbocycles. The van der Waals surface area contributed by atoms with Crippen LogP contribution in [0.5, 0.6) is 5.75 Å². The summed E-state index contributed by atoms with van der Waals surface area (Å²) in [6, 6.07) is 14.2. The summed E-state index contributed by atoms with van der Waals surface area (Å²) in [4.78, 5) is 12.5. The summed E-state index contributed by atoms with van der Waals surface area (Å²) in [5.41, 5.74) is 3.70. The summed E-state index contributed by atoms with van der Waals surface area (Å²) >= 11 is 0. The second kappa shape index (κ2) is 13.2. The van der Waals surface area contributed by atoms with E-state index < -0.39 is 8.32 Å². The Kier molecular flexibility index (Phi) is 10.6. The van der Waals surface area contributed by atoms with Crippen molar-refractivity contribution in [1.29, 1.82) is 0 Å². The topological polar surface area (TPSA) is 90.8 Å². The van der Waals surface area contributed by atoms with Gasteiger partial charge in [0.2, 0.25) is 5.91 Å². The molecule has 0 saturated heterocycles. The number of phenols is 1. The summed E-state index contributed by atoms with van der Waals surface area (Å²) in [5, 5.41) is 26.7. The van der Waals surface area contributed by atoms with Crippen LogP contribution < -0.4 is 10.6 Å². The number of rotatable bonds is 12. The minimum absolute atomic E-state index is 0.0537. The lowest BCUT2D eigenvalue weighted by molar-refractivity contribution is -0.121. The van der Waals surface area contributed by atoms with Crippen molar-refractivity contribution in [2.24, 2.45) is 0 Å². The molecule has 6 nitrogen and oxygen atoms in total. The van der Waals surface area contributed by atoms with Crippen LogP contribution in [-0.2, 0) is 28.7 Å². The highest BCUT2D eigenvalue weighted by Gasteiger charge is 2.39. The van der Waals surface area contributed by atoms with Crippen molar-refractivity contribution >= 4 is 14.2 Å². The predicted molar refractivity (Wildman–Crippen MR) is 157 cm³/mol. The van der Waals surface area contributed by atoms with Crippen molar-refractivity contribution in [2.75, 3.05) is 6.54 Å². The van der Waals surface area contributed by atoms with Gasteiger partial charge in [0.1, 0.15) is 5.75 Å². The molecule has 1 saturated carbocycles. The lowest BCUT2D eigenvalue weighted by Crippen LogP contribution is -2.44. The van der Waals surface area contributed by atoms with Crippen LogP contribution in [-0.4, -0.2) is 43.1 Å². The molecule has 1 aliphatic rings. The molecule has 2 atom stereocenters. The summed E-state index contributed by atoms with van der Waals surface area (Å²) in [5.74, 6) is 0.211. The zero-order chi connectivity index (χ0) is 27.9. The molecule has 1 amide bonds. The van der Waals surface area contributed by atoms with Gasteiger partial charge in [0.05, 0.1) is 19.1 Å². The summed E-state index contributed by atoms with van der Waals surface area (Å²) in [6.45, 7) is 13.7. The minimum atomic E-state index is -2.08. The Bertz CT molecular complexity index is 1060. The van der Waals surface area contributed by atoms with E-state index in [1.54, 1.807) is 6.07 Å². The van der Waals surface area contributed by atoms with Crippen molar-refractivity contribution in [3.05, 3.63) is 64.7 Å². The molecule has 210 valence electrons. The van der Waals surface area contributed by atoms with E-state index in [0.717, 1.165) is 30.4 Å². The third-order valence-corrected chi connectivity index (χ3v) is 12.6. The Balaban J connectivity index is 1.64. The number of aliphatic hydroxyl groups excluding tert-OH is 1. The lowest BCUT2D eigenvalue weighted by atomic mass is 10.0. The summed E-state index contributed by atoms with van der Waals surface area (Å²) in [7, 11) is -2.08. The summed E-state index contributed by atoms with van der Waals surface area (Å²) in [6.07, 6.45) is 5.67. The van der Waals surface area contributed by atoms with Crippen LogP contribution in [0.1, 0.15) is 81.7 Å². The van der Waals surface area contributed by atoms with Gasteiger partial charge in [-0.05, 0) is 73.1 Å². The molecule has 0 aromatic heterocycles. The molecule has 0 heterocycles.